The highest BCUT2D eigenvalue weighted by Gasteiger charge is 2.23. The van der Waals surface area contributed by atoms with Crippen molar-refractivity contribution in [1.82, 2.24) is 30.2 Å². The highest BCUT2D eigenvalue weighted by Crippen LogP contribution is 2.26. The first kappa shape index (κ1) is 18.5. The van der Waals surface area contributed by atoms with E-state index in [1.54, 1.807) is 12.4 Å². The summed E-state index contributed by atoms with van der Waals surface area (Å²) in [7, 11) is 3.94. The van der Waals surface area contributed by atoms with Crippen LogP contribution in [0.25, 0.3) is 0 Å². The van der Waals surface area contributed by atoms with Gasteiger partial charge in [0.05, 0.1) is 24.0 Å². The van der Waals surface area contributed by atoms with Gasteiger partial charge in [-0.15, -0.1) is 5.10 Å². The van der Waals surface area contributed by atoms with E-state index < -0.39 is 0 Å². The van der Waals surface area contributed by atoms with Crippen LogP contribution >= 0.6 is 0 Å². The van der Waals surface area contributed by atoms with Gasteiger partial charge in [0.25, 0.3) is 5.91 Å². The third kappa shape index (κ3) is 4.44. The van der Waals surface area contributed by atoms with Gasteiger partial charge in [-0.25, -0.2) is 4.68 Å². The Kier molecular flexibility index (Phi) is 5.95. The summed E-state index contributed by atoms with van der Waals surface area (Å²) >= 11 is 0. The molecular formula is C18H27N7O. The molecule has 2 aromatic heterocycles. The number of amides is 1. The molecule has 0 aromatic carbocycles. The maximum atomic E-state index is 12.5. The molecule has 0 unspecified atom stereocenters. The fraction of sp³-hybridized carbons (Fsp3) is 0.556. The number of hydrogen-bond donors (Lipinski definition) is 2. The zero-order chi connectivity index (χ0) is 18.5. The van der Waals surface area contributed by atoms with Crippen LogP contribution in [0.5, 0.6) is 0 Å². The lowest BCUT2D eigenvalue weighted by molar-refractivity contribution is 0.0936. The molecule has 140 valence electrons. The summed E-state index contributed by atoms with van der Waals surface area (Å²) in [5, 5.41) is 11.1. The number of pyridine rings is 1. The first-order chi connectivity index (χ1) is 12.5. The highest BCUT2D eigenvalue weighted by atomic mass is 16.2. The van der Waals surface area contributed by atoms with E-state index >= 15 is 0 Å². The number of nitrogens with two attached hydrogens (primary N) is 1. The Balaban J connectivity index is 1.59. The first-order valence-electron chi connectivity index (χ1n) is 9.07. The number of carbonyl (C=O) groups is 1. The van der Waals surface area contributed by atoms with Gasteiger partial charge in [0, 0.05) is 18.8 Å². The average Bonchev–Trinajstić information content (AvgIpc) is 3.13. The number of aromatic nitrogens is 4. The molecule has 8 nitrogen and oxygen atoms in total. The monoisotopic (exact) mass is 357 g/mol. The third-order valence-corrected chi connectivity index (χ3v) is 4.97. The molecule has 0 aliphatic heterocycles. The Bertz CT molecular complexity index is 707. The van der Waals surface area contributed by atoms with E-state index in [0.29, 0.717) is 12.2 Å². The van der Waals surface area contributed by atoms with Crippen molar-refractivity contribution < 1.29 is 4.79 Å². The Morgan fingerprint density at radius 1 is 1.35 bits per heavy atom. The molecule has 1 fully saturated rings. The van der Waals surface area contributed by atoms with Crippen molar-refractivity contribution in [1.29, 1.82) is 0 Å². The molecule has 0 spiro atoms. The molecule has 0 bridgehead atoms. The van der Waals surface area contributed by atoms with Crippen LogP contribution in [0.4, 0.5) is 0 Å². The fourth-order valence-corrected chi connectivity index (χ4v) is 3.33. The van der Waals surface area contributed by atoms with Crippen LogP contribution in [0.15, 0.2) is 30.6 Å². The normalized spacial score (nSPS) is 21.5. The van der Waals surface area contributed by atoms with Crippen LogP contribution in [0.3, 0.4) is 0 Å². The van der Waals surface area contributed by atoms with E-state index in [-0.39, 0.29) is 24.0 Å². The SMILES string of the molecule is CN(C)[C@@H](CNC(=O)c1cn(C2CCC(N)CC2)nn1)c1ccccn1. The second-order valence-corrected chi connectivity index (χ2v) is 7.10. The number of nitrogens with zero attached hydrogens (tertiary/aromatic N) is 5. The largest absolute Gasteiger partial charge is 0.349 e. The number of likely N-dealkylation sites (N-methyl/N-ethyl adjacent to an activating group) is 1. The van der Waals surface area contributed by atoms with E-state index in [2.05, 4.69) is 20.6 Å². The van der Waals surface area contributed by atoms with Crippen molar-refractivity contribution in [2.24, 2.45) is 5.73 Å². The first-order valence-corrected chi connectivity index (χ1v) is 9.07. The van der Waals surface area contributed by atoms with Gasteiger partial charge in [-0.1, -0.05) is 11.3 Å². The predicted octanol–water partition coefficient (Wildman–Crippen LogP) is 1.15. The van der Waals surface area contributed by atoms with Crippen molar-refractivity contribution in [3.8, 4) is 0 Å². The standard InChI is InChI=1S/C18H27N7O/c1-24(2)17(15-5-3-4-10-20-15)11-21-18(26)16-12-25(23-22-16)14-8-6-13(19)7-9-14/h3-5,10,12-14,17H,6-9,11,19H2,1-2H3,(H,21,26)/t13?,14?,17-/m0/s1. The zero-order valence-electron chi connectivity index (χ0n) is 15.4. The second-order valence-electron chi connectivity index (χ2n) is 7.10. The van der Waals surface area contributed by atoms with Gasteiger partial charge < -0.3 is 11.1 Å². The predicted molar refractivity (Wildman–Crippen MR) is 98.5 cm³/mol. The van der Waals surface area contributed by atoms with E-state index in [0.717, 1.165) is 31.4 Å². The zero-order valence-corrected chi connectivity index (χ0v) is 15.4. The molecule has 8 heteroatoms. The molecule has 3 N–H and O–H groups in total. The molecule has 2 heterocycles. The Labute approximate surface area is 153 Å². The minimum Gasteiger partial charge on any atom is -0.349 e. The smallest absolute Gasteiger partial charge is 0.273 e. The maximum absolute atomic E-state index is 12.5. The number of rotatable bonds is 6. The Hall–Kier alpha value is -2.32. The summed E-state index contributed by atoms with van der Waals surface area (Å²) in [5.41, 5.74) is 7.21. The second kappa shape index (κ2) is 8.37. The van der Waals surface area contributed by atoms with Gasteiger partial charge >= 0.3 is 0 Å². The third-order valence-electron chi connectivity index (χ3n) is 4.97. The molecular weight excluding hydrogens is 330 g/mol. The van der Waals surface area contributed by atoms with Gasteiger partial charge in [-0.05, 0) is 51.9 Å². The number of nitrogens with one attached hydrogen (secondary N) is 1. The van der Waals surface area contributed by atoms with Crippen LogP contribution in [0.2, 0.25) is 0 Å². The molecule has 1 amide bonds. The van der Waals surface area contributed by atoms with Crippen molar-refractivity contribution in [2.45, 2.75) is 43.8 Å². The van der Waals surface area contributed by atoms with Crippen LogP contribution in [-0.2, 0) is 0 Å². The van der Waals surface area contributed by atoms with Crippen LogP contribution in [0, 0.1) is 0 Å². The summed E-state index contributed by atoms with van der Waals surface area (Å²) in [4.78, 5) is 18.9. The van der Waals surface area contributed by atoms with Gasteiger partial charge in [0.15, 0.2) is 5.69 Å². The van der Waals surface area contributed by atoms with Gasteiger partial charge in [0.2, 0.25) is 0 Å². The minimum atomic E-state index is -0.216. The molecule has 0 saturated heterocycles. The van der Waals surface area contributed by atoms with Crippen LogP contribution in [0.1, 0.15) is 53.9 Å². The highest BCUT2D eigenvalue weighted by molar-refractivity contribution is 5.91. The lowest BCUT2D eigenvalue weighted by atomic mass is 9.92. The summed E-state index contributed by atoms with van der Waals surface area (Å²) in [6.45, 7) is 0.452. The van der Waals surface area contributed by atoms with Crippen LogP contribution < -0.4 is 11.1 Å². The van der Waals surface area contributed by atoms with E-state index in [4.69, 9.17) is 5.73 Å². The average molecular weight is 357 g/mol. The molecule has 1 aliphatic carbocycles. The summed E-state index contributed by atoms with van der Waals surface area (Å²) < 4.78 is 1.81. The molecule has 2 aromatic rings. The molecule has 3 rings (SSSR count). The van der Waals surface area contributed by atoms with E-state index in [1.165, 1.54) is 0 Å². The Morgan fingerprint density at radius 3 is 2.77 bits per heavy atom. The van der Waals surface area contributed by atoms with E-state index in [1.807, 2.05) is 41.9 Å². The molecule has 0 radical (unpaired) electrons. The van der Waals surface area contributed by atoms with Gasteiger partial charge in [-0.2, -0.15) is 0 Å². The molecule has 1 aliphatic rings. The summed E-state index contributed by atoms with van der Waals surface area (Å²) in [6.07, 6.45) is 7.43. The maximum Gasteiger partial charge on any atom is 0.273 e. The summed E-state index contributed by atoms with van der Waals surface area (Å²) in [5.74, 6) is -0.216. The van der Waals surface area contributed by atoms with Crippen molar-refractivity contribution in [3.63, 3.8) is 0 Å². The Morgan fingerprint density at radius 2 is 2.12 bits per heavy atom. The molecule has 1 saturated carbocycles. The van der Waals surface area contributed by atoms with Crippen molar-refractivity contribution in [3.05, 3.63) is 42.0 Å². The number of carbonyl (C=O) groups excluding carboxylic acids is 1. The fourth-order valence-electron chi connectivity index (χ4n) is 3.33. The van der Waals surface area contributed by atoms with Crippen LogP contribution in [-0.4, -0.2) is 57.5 Å². The molecule has 26 heavy (non-hydrogen) atoms. The van der Waals surface area contributed by atoms with Gasteiger partial charge in [-0.3, -0.25) is 14.7 Å². The van der Waals surface area contributed by atoms with Crippen molar-refractivity contribution >= 4 is 5.91 Å². The quantitative estimate of drug-likeness (QED) is 0.804. The van der Waals surface area contributed by atoms with Gasteiger partial charge in [0.1, 0.15) is 0 Å². The number of hydrogen-bond acceptors (Lipinski definition) is 6. The minimum absolute atomic E-state index is 0.00460. The summed E-state index contributed by atoms with van der Waals surface area (Å²) in [6, 6.07) is 6.35. The van der Waals surface area contributed by atoms with Crippen molar-refractivity contribution in [2.75, 3.05) is 20.6 Å². The lowest BCUT2D eigenvalue weighted by Gasteiger charge is -2.25. The van der Waals surface area contributed by atoms with E-state index in [9.17, 15) is 4.79 Å². The molecule has 1 atom stereocenters. The lowest BCUT2D eigenvalue weighted by Crippen LogP contribution is -2.35. The topological polar surface area (TPSA) is 102 Å².